The van der Waals surface area contributed by atoms with Gasteiger partial charge in [0.1, 0.15) is 23.4 Å². The molecule has 1 N–H and O–H groups in total. The summed E-state index contributed by atoms with van der Waals surface area (Å²) in [5.41, 5.74) is 1.13. The first-order chi connectivity index (χ1) is 6.54. The van der Waals surface area contributed by atoms with Crippen LogP contribution in [0.2, 0.25) is 0 Å². The Bertz CT molecular complexity index is 527. The third-order valence-corrected chi connectivity index (χ3v) is 2.41. The minimum absolute atomic E-state index is 0.108. The van der Waals surface area contributed by atoms with Crippen molar-refractivity contribution >= 4 is 21.0 Å². The number of nitrogens with zero attached hydrogens (tertiary/aromatic N) is 3. The maximum Gasteiger partial charge on any atom is 0.180 e. The Morgan fingerprint density at radius 2 is 2.29 bits per heavy atom. The molecule has 0 unspecified atom stereocenters. The van der Waals surface area contributed by atoms with Crippen molar-refractivity contribution in [2.75, 3.05) is 6.26 Å². The van der Waals surface area contributed by atoms with Crippen LogP contribution >= 0.6 is 0 Å². The Labute approximate surface area is 80.3 Å². The highest BCUT2D eigenvalue weighted by Crippen LogP contribution is 2.07. The number of H-pyrrole nitrogens is 1. The monoisotopic (exact) mass is 212 g/mol. The van der Waals surface area contributed by atoms with E-state index in [0.29, 0.717) is 17.0 Å². The van der Waals surface area contributed by atoms with Crippen molar-refractivity contribution in [1.29, 1.82) is 0 Å². The van der Waals surface area contributed by atoms with E-state index in [4.69, 9.17) is 0 Å². The van der Waals surface area contributed by atoms with E-state index in [9.17, 15) is 8.42 Å². The van der Waals surface area contributed by atoms with Crippen molar-refractivity contribution in [3.63, 3.8) is 0 Å². The maximum absolute atomic E-state index is 11.0. The first-order valence-electron chi connectivity index (χ1n) is 3.87. The van der Waals surface area contributed by atoms with Crippen LogP contribution < -0.4 is 0 Å². The topological polar surface area (TPSA) is 88.6 Å². The van der Waals surface area contributed by atoms with Crippen LogP contribution in [0.4, 0.5) is 0 Å². The van der Waals surface area contributed by atoms with Gasteiger partial charge in [0, 0.05) is 6.26 Å². The molecule has 7 heteroatoms. The van der Waals surface area contributed by atoms with E-state index in [1.807, 2.05) is 0 Å². The number of fused-ring (bicyclic) bond motifs is 1. The summed E-state index contributed by atoms with van der Waals surface area (Å²) in [6.45, 7) is 0. The molecular formula is C7H8N4O2S. The smallest absolute Gasteiger partial charge is 0.180 e. The van der Waals surface area contributed by atoms with Crippen LogP contribution in [0.5, 0.6) is 0 Å². The Hall–Kier alpha value is -1.50. The summed E-state index contributed by atoms with van der Waals surface area (Å²) in [4.78, 5) is 14.5. The number of hydrogen-bond acceptors (Lipinski definition) is 5. The summed E-state index contributed by atoms with van der Waals surface area (Å²) in [6.07, 6.45) is 4.08. The zero-order valence-corrected chi connectivity index (χ0v) is 8.24. The molecule has 0 aliphatic carbocycles. The quantitative estimate of drug-likeness (QED) is 0.750. The van der Waals surface area contributed by atoms with E-state index in [1.54, 1.807) is 6.20 Å². The molecule has 0 aliphatic rings. The predicted molar refractivity (Wildman–Crippen MR) is 50.2 cm³/mol. The van der Waals surface area contributed by atoms with Crippen LogP contribution in [-0.4, -0.2) is 34.6 Å². The van der Waals surface area contributed by atoms with Crippen molar-refractivity contribution in [3.8, 4) is 0 Å². The Morgan fingerprint density at radius 1 is 1.50 bits per heavy atom. The Kier molecular flexibility index (Phi) is 1.95. The summed E-state index contributed by atoms with van der Waals surface area (Å²) in [5, 5.41) is 0. The molecule has 0 spiro atoms. The zero-order chi connectivity index (χ0) is 10.2. The van der Waals surface area contributed by atoms with Crippen molar-refractivity contribution in [2.45, 2.75) is 5.75 Å². The van der Waals surface area contributed by atoms with Gasteiger partial charge < -0.3 is 4.98 Å². The molecule has 74 valence electrons. The van der Waals surface area contributed by atoms with Crippen molar-refractivity contribution in [3.05, 3.63) is 18.3 Å². The van der Waals surface area contributed by atoms with Gasteiger partial charge in [-0.25, -0.2) is 23.4 Å². The van der Waals surface area contributed by atoms with Gasteiger partial charge in [0.25, 0.3) is 0 Å². The number of aromatic amines is 1. The molecule has 0 bridgehead atoms. The fourth-order valence-corrected chi connectivity index (χ4v) is 1.76. The number of imidazole rings is 1. The number of rotatable bonds is 2. The second kappa shape index (κ2) is 3.02. The lowest BCUT2D eigenvalue weighted by Gasteiger charge is -1.90. The highest BCUT2D eigenvalue weighted by atomic mass is 32.2. The van der Waals surface area contributed by atoms with Gasteiger partial charge in [0.2, 0.25) is 0 Å². The number of sulfone groups is 1. The van der Waals surface area contributed by atoms with Crippen LogP contribution in [0.3, 0.4) is 0 Å². The number of aromatic nitrogens is 4. The molecule has 0 saturated heterocycles. The fourth-order valence-electron chi connectivity index (χ4n) is 1.13. The van der Waals surface area contributed by atoms with E-state index in [2.05, 4.69) is 19.9 Å². The molecule has 2 heterocycles. The lowest BCUT2D eigenvalue weighted by atomic mass is 10.6. The van der Waals surface area contributed by atoms with E-state index in [1.165, 1.54) is 6.33 Å². The summed E-state index contributed by atoms with van der Waals surface area (Å²) in [5.74, 6) is 0.284. The van der Waals surface area contributed by atoms with Gasteiger partial charge in [0.15, 0.2) is 15.5 Å². The molecule has 0 atom stereocenters. The van der Waals surface area contributed by atoms with Crippen molar-refractivity contribution in [1.82, 2.24) is 19.9 Å². The molecule has 2 aromatic rings. The van der Waals surface area contributed by atoms with Crippen LogP contribution in [0.1, 0.15) is 5.82 Å². The van der Waals surface area contributed by atoms with Gasteiger partial charge in [-0.1, -0.05) is 0 Å². The second-order valence-corrected chi connectivity index (χ2v) is 5.15. The van der Waals surface area contributed by atoms with Crippen LogP contribution in [-0.2, 0) is 15.6 Å². The molecular weight excluding hydrogens is 204 g/mol. The Balaban J connectivity index is 2.46. The number of hydrogen-bond donors (Lipinski definition) is 1. The molecule has 2 rings (SSSR count). The molecule has 0 aromatic carbocycles. The lowest BCUT2D eigenvalue weighted by Crippen LogP contribution is -2.01. The van der Waals surface area contributed by atoms with Gasteiger partial charge in [-0.3, -0.25) is 0 Å². The highest BCUT2D eigenvalue weighted by Gasteiger charge is 2.09. The predicted octanol–water partition coefficient (Wildman–Crippen LogP) is -0.102. The molecule has 0 radical (unpaired) electrons. The molecule has 0 fully saturated rings. The average Bonchev–Trinajstić information content (AvgIpc) is 2.42. The number of nitrogens with one attached hydrogen (secondary N) is 1. The van der Waals surface area contributed by atoms with E-state index >= 15 is 0 Å². The molecule has 2 aromatic heterocycles. The van der Waals surface area contributed by atoms with Crippen molar-refractivity contribution in [2.24, 2.45) is 0 Å². The third kappa shape index (κ3) is 1.87. The fraction of sp³-hybridized carbons (Fsp3) is 0.286. The van der Waals surface area contributed by atoms with Crippen LogP contribution in [0, 0.1) is 0 Å². The summed E-state index contributed by atoms with van der Waals surface area (Å²) in [6, 6.07) is 0. The van der Waals surface area contributed by atoms with Gasteiger partial charge in [-0.2, -0.15) is 0 Å². The summed E-state index contributed by atoms with van der Waals surface area (Å²) in [7, 11) is -3.07. The van der Waals surface area contributed by atoms with E-state index in [0.717, 1.165) is 6.26 Å². The highest BCUT2D eigenvalue weighted by molar-refractivity contribution is 7.89. The summed E-state index contributed by atoms with van der Waals surface area (Å²) >= 11 is 0. The van der Waals surface area contributed by atoms with Gasteiger partial charge in [0.05, 0.1) is 6.20 Å². The molecule has 0 aliphatic heterocycles. The average molecular weight is 212 g/mol. The van der Waals surface area contributed by atoms with Crippen LogP contribution in [0.15, 0.2) is 12.5 Å². The molecule has 0 saturated carbocycles. The minimum Gasteiger partial charge on any atom is -0.338 e. The largest absolute Gasteiger partial charge is 0.338 e. The summed E-state index contributed by atoms with van der Waals surface area (Å²) < 4.78 is 22.0. The van der Waals surface area contributed by atoms with Crippen LogP contribution in [0.25, 0.3) is 11.2 Å². The first-order valence-corrected chi connectivity index (χ1v) is 5.93. The molecule has 6 nitrogen and oxygen atoms in total. The zero-order valence-electron chi connectivity index (χ0n) is 7.43. The van der Waals surface area contributed by atoms with Gasteiger partial charge in [-0.05, 0) is 0 Å². The SMILES string of the molecule is CS(=O)(=O)Cc1nc2ncncc2[nH]1. The Morgan fingerprint density at radius 3 is 2.93 bits per heavy atom. The molecule has 14 heavy (non-hydrogen) atoms. The van der Waals surface area contributed by atoms with Gasteiger partial charge >= 0.3 is 0 Å². The van der Waals surface area contributed by atoms with Crippen molar-refractivity contribution < 1.29 is 8.42 Å². The normalized spacial score (nSPS) is 12.1. The maximum atomic E-state index is 11.0. The van der Waals surface area contributed by atoms with Gasteiger partial charge in [-0.15, -0.1) is 0 Å². The standard InChI is InChI=1S/C7H8N4O2S/c1-14(12,13)3-6-10-5-2-8-4-9-7(5)11-6/h2,4H,3H2,1H3,(H,8,9,10,11). The van der Waals surface area contributed by atoms with E-state index < -0.39 is 9.84 Å². The van der Waals surface area contributed by atoms with E-state index in [-0.39, 0.29) is 5.75 Å². The molecule has 0 amide bonds. The third-order valence-electron chi connectivity index (χ3n) is 1.61. The lowest BCUT2D eigenvalue weighted by molar-refractivity contribution is 0.600. The second-order valence-electron chi connectivity index (χ2n) is 3.01. The first kappa shape index (κ1) is 9.07. The minimum atomic E-state index is -3.07.